The monoisotopic (exact) mass is 227 g/mol. The summed E-state index contributed by atoms with van der Waals surface area (Å²) >= 11 is 6.28. The second-order valence-corrected chi connectivity index (χ2v) is 4.57. The van der Waals surface area contributed by atoms with Gasteiger partial charge in [-0.1, -0.05) is 18.5 Å². The molecule has 2 N–H and O–H groups in total. The highest BCUT2D eigenvalue weighted by Gasteiger charge is 2.22. The molecule has 1 aliphatic heterocycles. The molecule has 1 aromatic rings. The molecule has 4 heteroatoms. The van der Waals surface area contributed by atoms with Crippen molar-refractivity contribution in [3.8, 4) is 0 Å². The number of hydrogen-bond donors (Lipinski definition) is 1. The summed E-state index contributed by atoms with van der Waals surface area (Å²) in [5, 5.41) is 0.842. The number of halogens is 1. The lowest BCUT2D eigenvalue weighted by Gasteiger charge is -2.23. The zero-order chi connectivity index (χ0) is 10.8. The van der Waals surface area contributed by atoms with E-state index in [0.29, 0.717) is 5.92 Å². The minimum absolute atomic E-state index is 0.680. The first-order valence-electron chi connectivity index (χ1n) is 5.70. The van der Waals surface area contributed by atoms with Crippen LogP contribution in [0.2, 0.25) is 5.15 Å². The smallest absolute Gasteiger partial charge is 0.132 e. The van der Waals surface area contributed by atoms with Gasteiger partial charge in [-0.3, -0.25) is 0 Å². The molecule has 0 saturated carbocycles. The Bertz CT molecular complexity index is 346. The van der Waals surface area contributed by atoms with Gasteiger partial charge in [0.1, 0.15) is 11.0 Å². The summed E-state index contributed by atoms with van der Waals surface area (Å²) in [7, 11) is 0. The first-order valence-corrected chi connectivity index (χ1v) is 6.07. The van der Waals surface area contributed by atoms with Gasteiger partial charge in [-0.2, -0.15) is 0 Å². The van der Waals surface area contributed by atoms with Gasteiger partial charge in [-0.15, -0.1) is 0 Å². The molecule has 1 unspecified atom stereocenters. The maximum absolute atomic E-state index is 6.28. The fourth-order valence-corrected chi connectivity index (χ4v) is 2.63. The van der Waals surface area contributed by atoms with Crippen LogP contribution >= 0.6 is 11.6 Å². The number of fused-ring (bicyclic) bond motifs is 1. The maximum Gasteiger partial charge on any atom is 0.132 e. The third-order valence-corrected chi connectivity index (χ3v) is 3.60. The van der Waals surface area contributed by atoms with Crippen LogP contribution in [0.4, 0.5) is 0 Å². The molecule has 15 heavy (non-hydrogen) atoms. The number of imidazole rings is 1. The third kappa shape index (κ3) is 2.04. The Morgan fingerprint density at radius 2 is 2.40 bits per heavy atom. The van der Waals surface area contributed by atoms with Crippen LogP contribution in [-0.2, 0) is 19.4 Å². The lowest BCUT2D eigenvalue weighted by Crippen LogP contribution is -2.22. The standard InChI is InChI=1S/C11H18ClN3/c1-2-9-11(12)15-7-8(5-6-13)3-4-10(15)14-9/h8H,2-7,13H2,1H3. The summed E-state index contributed by atoms with van der Waals surface area (Å²) in [5.74, 6) is 1.84. The number of hydrogen-bond acceptors (Lipinski definition) is 2. The van der Waals surface area contributed by atoms with Crippen molar-refractivity contribution in [3.05, 3.63) is 16.7 Å². The van der Waals surface area contributed by atoms with E-state index < -0.39 is 0 Å². The molecule has 1 aromatic heterocycles. The molecule has 0 fully saturated rings. The van der Waals surface area contributed by atoms with E-state index in [9.17, 15) is 0 Å². The van der Waals surface area contributed by atoms with Gasteiger partial charge < -0.3 is 10.3 Å². The molecule has 0 amide bonds. The van der Waals surface area contributed by atoms with Crippen molar-refractivity contribution in [3.63, 3.8) is 0 Å². The van der Waals surface area contributed by atoms with Crippen molar-refractivity contribution in [2.45, 2.75) is 39.2 Å². The average molecular weight is 228 g/mol. The van der Waals surface area contributed by atoms with Crippen molar-refractivity contribution >= 4 is 11.6 Å². The molecule has 2 heterocycles. The van der Waals surface area contributed by atoms with Crippen LogP contribution < -0.4 is 5.73 Å². The molecule has 0 aromatic carbocycles. The molecule has 0 saturated heterocycles. The number of aromatic nitrogens is 2. The molecule has 3 nitrogen and oxygen atoms in total. The highest BCUT2D eigenvalue weighted by Crippen LogP contribution is 2.28. The fourth-order valence-electron chi connectivity index (χ4n) is 2.29. The first kappa shape index (κ1) is 11.0. The molecular weight excluding hydrogens is 210 g/mol. The summed E-state index contributed by atoms with van der Waals surface area (Å²) in [6, 6.07) is 0. The van der Waals surface area contributed by atoms with Crippen LogP contribution in [0.1, 0.15) is 31.3 Å². The third-order valence-electron chi connectivity index (χ3n) is 3.18. The molecule has 0 spiro atoms. The van der Waals surface area contributed by atoms with Gasteiger partial charge >= 0.3 is 0 Å². The first-order chi connectivity index (χ1) is 7.26. The minimum atomic E-state index is 0.680. The Balaban J connectivity index is 2.21. The van der Waals surface area contributed by atoms with Gasteiger partial charge in [0, 0.05) is 13.0 Å². The van der Waals surface area contributed by atoms with E-state index >= 15 is 0 Å². The lowest BCUT2D eigenvalue weighted by molar-refractivity contribution is 0.349. The van der Waals surface area contributed by atoms with Crippen molar-refractivity contribution < 1.29 is 0 Å². The maximum atomic E-state index is 6.28. The summed E-state index contributed by atoms with van der Waals surface area (Å²) in [4.78, 5) is 4.56. The summed E-state index contributed by atoms with van der Waals surface area (Å²) in [6.45, 7) is 3.86. The van der Waals surface area contributed by atoms with Crippen LogP contribution in [0.5, 0.6) is 0 Å². The fraction of sp³-hybridized carbons (Fsp3) is 0.727. The van der Waals surface area contributed by atoms with Gasteiger partial charge in [0.05, 0.1) is 5.69 Å². The number of aryl methyl sites for hydroxylation is 2. The van der Waals surface area contributed by atoms with E-state index in [2.05, 4.69) is 16.5 Å². The Morgan fingerprint density at radius 3 is 3.07 bits per heavy atom. The van der Waals surface area contributed by atoms with E-state index in [4.69, 9.17) is 17.3 Å². The Morgan fingerprint density at radius 1 is 1.60 bits per heavy atom. The van der Waals surface area contributed by atoms with Crippen molar-refractivity contribution in [1.82, 2.24) is 9.55 Å². The quantitative estimate of drug-likeness (QED) is 0.859. The normalized spacial score (nSPS) is 20.3. The van der Waals surface area contributed by atoms with Gasteiger partial charge in [0.15, 0.2) is 0 Å². The Hall–Kier alpha value is -0.540. The molecule has 0 aliphatic carbocycles. The predicted octanol–water partition coefficient (Wildman–Crippen LogP) is 2.01. The van der Waals surface area contributed by atoms with Gasteiger partial charge in [0.2, 0.25) is 0 Å². The highest BCUT2D eigenvalue weighted by atomic mass is 35.5. The zero-order valence-corrected chi connectivity index (χ0v) is 9.93. The van der Waals surface area contributed by atoms with Crippen LogP contribution in [0, 0.1) is 5.92 Å². The van der Waals surface area contributed by atoms with Crippen molar-refractivity contribution in [2.75, 3.05) is 6.54 Å². The molecular formula is C11H18ClN3. The topological polar surface area (TPSA) is 43.8 Å². The summed E-state index contributed by atoms with van der Waals surface area (Å²) in [6.07, 6.45) is 4.26. The van der Waals surface area contributed by atoms with E-state index in [1.165, 1.54) is 6.42 Å². The zero-order valence-electron chi connectivity index (χ0n) is 9.17. The number of rotatable bonds is 3. The lowest BCUT2D eigenvalue weighted by atomic mass is 9.96. The van der Waals surface area contributed by atoms with E-state index in [1.54, 1.807) is 0 Å². The molecule has 1 aliphatic rings. The van der Waals surface area contributed by atoms with Crippen LogP contribution in [-0.4, -0.2) is 16.1 Å². The van der Waals surface area contributed by atoms with E-state index in [-0.39, 0.29) is 0 Å². The van der Waals surface area contributed by atoms with Gasteiger partial charge in [-0.05, 0) is 31.7 Å². The Kier molecular flexibility index (Phi) is 3.32. The second kappa shape index (κ2) is 4.54. The largest absolute Gasteiger partial charge is 0.330 e. The van der Waals surface area contributed by atoms with Crippen molar-refractivity contribution in [1.29, 1.82) is 0 Å². The summed E-state index contributed by atoms with van der Waals surface area (Å²) < 4.78 is 2.17. The predicted molar refractivity (Wildman–Crippen MR) is 62.1 cm³/mol. The molecule has 1 atom stereocenters. The van der Waals surface area contributed by atoms with Crippen molar-refractivity contribution in [2.24, 2.45) is 11.7 Å². The average Bonchev–Trinajstić information content (AvgIpc) is 2.56. The number of nitrogens with two attached hydrogens (primary N) is 1. The van der Waals surface area contributed by atoms with Gasteiger partial charge in [0.25, 0.3) is 0 Å². The van der Waals surface area contributed by atoms with Gasteiger partial charge in [-0.25, -0.2) is 4.98 Å². The van der Waals surface area contributed by atoms with E-state index in [0.717, 1.165) is 49.0 Å². The second-order valence-electron chi connectivity index (χ2n) is 4.21. The summed E-state index contributed by atoms with van der Waals surface area (Å²) in [5.41, 5.74) is 6.63. The van der Waals surface area contributed by atoms with E-state index in [1.807, 2.05) is 0 Å². The van der Waals surface area contributed by atoms with Crippen LogP contribution in [0.25, 0.3) is 0 Å². The minimum Gasteiger partial charge on any atom is -0.330 e. The molecule has 0 bridgehead atoms. The molecule has 84 valence electrons. The highest BCUT2D eigenvalue weighted by molar-refractivity contribution is 6.30. The molecule has 2 rings (SSSR count). The van der Waals surface area contributed by atoms with Crippen LogP contribution in [0.15, 0.2) is 0 Å². The Labute approximate surface area is 95.6 Å². The SMILES string of the molecule is CCc1nc2n(c1Cl)CC(CCN)CC2. The molecule has 0 radical (unpaired) electrons. The van der Waals surface area contributed by atoms with Crippen LogP contribution in [0.3, 0.4) is 0 Å². The number of nitrogens with zero attached hydrogens (tertiary/aromatic N) is 2.